The number of nitrogens with zero attached hydrogens (tertiary/aromatic N) is 1. The molecule has 0 spiro atoms. The Morgan fingerprint density at radius 3 is 2.88 bits per heavy atom. The molecule has 2 aromatic rings. The first kappa shape index (κ1) is 12.5. The van der Waals surface area contributed by atoms with E-state index in [0.717, 1.165) is 26.5 Å². The number of hydrogen-bond acceptors (Lipinski definition) is 4. The van der Waals surface area contributed by atoms with Crippen LogP contribution in [0.4, 0.5) is 0 Å². The van der Waals surface area contributed by atoms with Crippen molar-refractivity contribution in [2.75, 3.05) is 14.2 Å². The molecule has 1 heterocycles. The van der Waals surface area contributed by atoms with Crippen LogP contribution in [-0.2, 0) is 11.3 Å². The van der Waals surface area contributed by atoms with Crippen LogP contribution < -0.4 is 4.74 Å². The van der Waals surface area contributed by atoms with Gasteiger partial charge in [0, 0.05) is 22.5 Å². The first-order valence-corrected chi connectivity index (χ1v) is 6.69. The van der Waals surface area contributed by atoms with Crippen molar-refractivity contribution in [2.24, 2.45) is 0 Å². The average molecular weight is 314 g/mol. The standard InChI is InChI=1S/C12H12BrNO2S/c1-15-6-12-14-10(7-17-12)9-5-8(13)3-4-11(9)16-2/h3-5,7H,6H2,1-2H3. The smallest absolute Gasteiger partial charge is 0.128 e. The van der Waals surface area contributed by atoms with Crippen molar-refractivity contribution < 1.29 is 9.47 Å². The van der Waals surface area contributed by atoms with E-state index < -0.39 is 0 Å². The number of methoxy groups -OCH3 is 2. The van der Waals surface area contributed by atoms with Crippen molar-refractivity contribution in [1.82, 2.24) is 4.98 Å². The molecule has 0 aliphatic carbocycles. The van der Waals surface area contributed by atoms with E-state index in [9.17, 15) is 0 Å². The van der Waals surface area contributed by atoms with Crippen molar-refractivity contribution in [2.45, 2.75) is 6.61 Å². The van der Waals surface area contributed by atoms with E-state index in [2.05, 4.69) is 20.9 Å². The van der Waals surface area contributed by atoms with Gasteiger partial charge in [-0.25, -0.2) is 4.98 Å². The van der Waals surface area contributed by atoms with Gasteiger partial charge >= 0.3 is 0 Å². The highest BCUT2D eigenvalue weighted by Gasteiger charge is 2.10. The zero-order valence-corrected chi connectivity index (χ0v) is 12.0. The third-order valence-corrected chi connectivity index (χ3v) is 3.57. The number of ether oxygens (including phenoxy) is 2. The largest absolute Gasteiger partial charge is 0.496 e. The molecule has 3 nitrogen and oxygen atoms in total. The molecule has 0 N–H and O–H groups in total. The van der Waals surface area contributed by atoms with Gasteiger partial charge in [-0.1, -0.05) is 15.9 Å². The summed E-state index contributed by atoms with van der Waals surface area (Å²) in [7, 11) is 3.33. The monoisotopic (exact) mass is 313 g/mol. The number of hydrogen-bond donors (Lipinski definition) is 0. The predicted octanol–water partition coefficient (Wildman–Crippen LogP) is 3.73. The lowest BCUT2D eigenvalue weighted by Crippen LogP contribution is -1.89. The fraction of sp³-hybridized carbons (Fsp3) is 0.250. The molecule has 0 bridgehead atoms. The van der Waals surface area contributed by atoms with Gasteiger partial charge in [0.25, 0.3) is 0 Å². The maximum absolute atomic E-state index is 5.34. The van der Waals surface area contributed by atoms with Crippen LogP contribution in [-0.4, -0.2) is 19.2 Å². The second kappa shape index (κ2) is 5.62. The number of aromatic nitrogens is 1. The third-order valence-electron chi connectivity index (χ3n) is 2.26. The maximum Gasteiger partial charge on any atom is 0.128 e. The highest BCUT2D eigenvalue weighted by molar-refractivity contribution is 9.10. The molecule has 0 atom stereocenters. The molecule has 90 valence electrons. The highest BCUT2D eigenvalue weighted by Crippen LogP contribution is 2.33. The topological polar surface area (TPSA) is 31.4 Å². The van der Waals surface area contributed by atoms with E-state index >= 15 is 0 Å². The van der Waals surface area contributed by atoms with Gasteiger partial charge in [-0.3, -0.25) is 0 Å². The van der Waals surface area contributed by atoms with E-state index in [1.807, 2.05) is 23.6 Å². The SMILES string of the molecule is COCc1nc(-c2cc(Br)ccc2OC)cs1. The third kappa shape index (κ3) is 2.86. The van der Waals surface area contributed by atoms with Crippen molar-refractivity contribution in [3.8, 4) is 17.0 Å². The molecule has 0 aliphatic heterocycles. The summed E-state index contributed by atoms with van der Waals surface area (Å²) in [6, 6.07) is 5.88. The van der Waals surface area contributed by atoms with Crippen LogP contribution in [0.1, 0.15) is 5.01 Å². The first-order chi connectivity index (χ1) is 8.24. The van der Waals surface area contributed by atoms with Gasteiger partial charge in [0.05, 0.1) is 19.4 Å². The number of thiazole rings is 1. The van der Waals surface area contributed by atoms with Crippen molar-refractivity contribution >= 4 is 27.3 Å². The van der Waals surface area contributed by atoms with E-state index in [-0.39, 0.29) is 0 Å². The Morgan fingerprint density at radius 1 is 1.35 bits per heavy atom. The van der Waals surface area contributed by atoms with Crippen LogP contribution in [0.2, 0.25) is 0 Å². The summed E-state index contributed by atoms with van der Waals surface area (Å²) >= 11 is 5.04. The predicted molar refractivity (Wildman–Crippen MR) is 72.5 cm³/mol. The molecule has 2 rings (SSSR count). The normalized spacial score (nSPS) is 10.5. The zero-order valence-electron chi connectivity index (χ0n) is 9.57. The first-order valence-electron chi connectivity index (χ1n) is 5.02. The van der Waals surface area contributed by atoms with Gasteiger partial charge in [-0.2, -0.15) is 0 Å². The van der Waals surface area contributed by atoms with Crippen molar-refractivity contribution in [3.63, 3.8) is 0 Å². The van der Waals surface area contributed by atoms with Gasteiger partial charge in [0.2, 0.25) is 0 Å². The van der Waals surface area contributed by atoms with Crippen LogP contribution in [0.25, 0.3) is 11.3 Å². The minimum absolute atomic E-state index is 0.543. The molecule has 1 aromatic carbocycles. The molecular formula is C12H12BrNO2S. The summed E-state index contributed by atoms with van der Waals surface area (Å²) in [6.07, 6.45) is 0. The average Bonchev–Trinajstić information content (AvgIpc) is 2.78. The minimum atomic E-state index is 0.543. The number of benzene rings is 1. The molecule has 0 amide bonds. The second-order valence-electron chi connectivity index (χ2n) is 3.40. The van der Waals surface area contributed by atoms with Crippen LogP contribution in [0.5, 0.6) is 5.75 Å². The Morgan fingerprint density at radius 2 is 2.18 bits per heavy atom. The van der Waals surface area contributed by atoms with Gasteiger partial charge in [0.15, 0.2) is 0 Å². The summed E-state index contributed by atoms with van der Waals surface area (Å²) in [5, 5.41) is 2.98. The zero-order chi connectivity index (χ0) is 12.3. The van der Waals surface area contributed by atoms with Crippen LogP contribution in [0.15, 0.2) is 28.1 Å². The Kier molecular flexibility index (Phi) is 4.15. The molecule has 1 aromatic heterocycles. The lowest BCUT2D eigenvalue weighted by Gasteiger charge is -2.06. The fourth-order valence-electron chi connectivity index (χ4n) is 1.50. The van der Waals surface area contributed by atoms with Crippen LogP contribution in [0, 0.1) is 0 Å². The molecule has 0 saturated heterocycles. The quantitative estimate of drug-likeness (QED) is 0.862. The van der Waals surface area contributed by atoms with Crippen molar-refractivity contribution in [1.29, 1.82) is 0 Å². The number of rotatable bonds is 4. The summed E-state index contributed by atoms with van der Waals surface area (Å²) in [5.74, 6) is 0.822. The van der Waals surface area contributed by atoms with Crippen LogP contribution >= 0.6 is 27.3 Å². The second-order valence-corrected chi connectivity index (χ2v) is 5.26. The van der Waals surface area contributed by atoms with Gasteiger partial charge in [-0.15, -0.1) is 11.3 Å². The molecule has 0 aliphatic rings. The van der Waals surface area contributed by atoms with Gasteiger partial charge in [0.1, 0.15) is 10.8 Å². The van der Waals surface area contributed by atoms with Crippen molar-refractivity contribution in [3.05, 3.63) is 33.1 Å². The number of halogens is 1. The maximum atomic E-state index is 5.34. The summed E-state index contributed by atoms with van der Waals surface area (Å²) in [4.78, 5) is 4.51. The Labute approximate surface area is 113 Å². The molecular weight excluding hydrogens is 302 g/mol. The lowest BCUT2D eigenvalue weighted by atomic mass is 10.1. The van der Waals surface area contributed by atoms with Gasteiger partial charge in [-0.05, 0) is 18.2 Å². The Hall–Kier alpha value is -0.910. The highest BCUT2D eigenvalue weighted by atomic mass is 79.9. The van der Waals surface area contributed by atoms with Gasteiger partial charge < -0.3 is 9.47 Å². The summed E-state index contributed by atoms with van der Waals surface area (Å²) < 4.78 is 11.4. The van der Waals surface area contributed by atoms with Crippen LogP contribution in [0.3, 0.4) is 0 Å². The fourth-order valence-corrected chi connectivity index (χ4v) is 2.63. The molecule has 0 saturated carbocycles. The van der Waals surface area contributed by atoms with E-state index in [1.165, 1.54) is 0 Å². The van der Waals surface area contributed by atoms with E-state index in [1.54, 1.807) is 25.6 Å². The lowest BCUT2D eigenvalue weighted by molar-refractivity contribution is 0.184. The minimum Gasteiger partial charge on any atom is -0.496 e. The molecule has 0 radical (unpaired) electrons. The Balaban J connectivity index is 2.40. The Bertz CT molecular complexity index is 513. The molecule has 0 fully saturated rings. The molecule has 17 heavy (non-hydrogen) atoms. The molecule has 0 unspecified atom stereocenters. The van der Waals surface area contributed by atoms with E-state index in [4.69, 9.17) is 9.47 Å². The summed E-state index contributed by atoms with van der Waals surface area (Å²) in [5.41, 5.74) is 1.90. The van der Waals surface area contributed by atoms with E-state index in [0.29, 0.717) is 6.61 Å². The molecule has 5 heteroatoms. The summed E-state index contributed by atoms with van der Waals surface area (Å²) in [6.45, 7) is 0.543.